The van der Waals surface area contributed by atoms with Crippen LogP contribution >= 0.6 is 0 Å². The molecule has 0 fully saturated rings. The summed E-state index contributed by atoms with van der Waals surface area (Å²) in [5, 5.41) is 0. The first-order chi connectivity index (χ1) is 7.65. The summed E-state index contributed by atoms with van der Waals surface area (Å²) in [6.07, 6.45) is 0. The quantitative estimate of drug-likeness (QED) is 0.732. The fourth-order valence-electron chi connectivity index (χ4n) is 1.85. The number of hydrogen-bond donors (Lipinski definition) is 0. The number of aryl methyl sites for hydroxylation is 2. The lowest BCUT2D eigenvalue weighted by Gasteiger charge is -2.18. The van der Waals surface area contributed by atoms with Crippen molar-refractivity contribution in [3.63, 3.8) is 0 Å². The molecular formula is C14H23NO. The number of hydrogen-bond acceptors (Lipinski definition) is 2. The first-order valence-electron chi connectivity index (χ1n) is 6.09. The molecule has 16 heavy (non-hydrogen) atoms. The Morgan fingerprint density at radius 1 is 1.00 bits per heavy atom. The van der Waals surface area contributed by atoms with E-state index >= 15 is 0 Å². The summed E-state index contributed by atoms with van der Waals surface area (Å²) in [5.74, 6) is 0.990. The molecule has 0 aliphatic rings. The van der Waals surface area contributed by atoms with Gasteiger partial charge in [-0.25, -0.2) is 0 Å². The minimum Gasteiger partial charge on any atom is -0.492 e. The predicted octanol–water partition coefficient (Wildman–Crippen LogP) is 3.02. The first-order valence-corrected chi connectivity index (χ1v) is 6.09. The molecule has 0 amide bonds. The Bertz CT molecular complexity index is 298. The number of rotatable bonds is 6. The van der Waals surface area contributed by atoms with Gasteiger partial charge in [-0.3, -0.25) is 0 Å². The Morgan fingerprint density at radius 3 is 2.06 bits per heavy atom. The first kappa shape index (κ1) is 13.0. The molecule has 0 N–H and O–H groups in total. The van der Waals surface area contributed by atoms with Crippen molar-refractivity contribution in [1.29, 1.82) is 0 Å². The SMILES string of the molecule is CCN(CC)CCOc1cc(C)cc(C)c1. The molecule has 0 radical (unpaired) electrons. The molecule has 2 nitrogen and oxygen atoms in total. The van der Waals surface area contributed by atoms with Gasteiger partial charge in [0.15, 0.2) is 0 Å². The molecule has 0 spiro atoms. The summed E-state index contributed by atoms with van der Waals surface area (Å²) in [6.45, 7) is 12.5. The van der Waals surface area contributed by atoms with E-state index in [9.17, 15) is 0 Å². The topological polar surface area (TPSA) is 12.5 Å². The maximum atomic E-state index is 5.76. The van der Waals surface area contributed by atoms with Crippen LogP contribution in [0.3, 0.4) is 0 Å². The maximum Gasteiger partial charge on any atom is 0.119 e. The molecule has 0 saturated heterocycles. The van der Waals surface area contributed by atoms with Crippen LogP contribution in [0.15, 0.2) is 18.2 Å². The second-order valence-corrected chi connectivity index (χ2v) is 4.20. The Morgan fingerprint density at radius 2 is 1.56 bits per heavy atom. The van der Waals surface area contributed by atoms with Gasteiger partial charge >= 0.3 is 0 Å². The third-order valence-corrected chi connectivity index (χ3v) is 2.77. The van der Waals surface area contributed by atoms with Crippen molar-refractivity contribution in [2.75, 3.05) is 26.2 Å². The lowest BCUT2D eigenvalue weighted by atomic mass is 10.1. The van der Waals surface area contributed by atoms with Crippen molar-refractivity contribution < 1.29 is 4.74 Å². The van der Waals surface area contributed by atoms with Crippen LogP contribution in [0.2, 0.25) is 0 Å². The van der Waals surface area contributed by atoms with Gasteiger partial charge in [-0.2, -0.15) is 0 Å². The normalized spacial score (nSPS) is 10.8. The zero-order valence-corrected chi connectivity index (χ0v) is 10.9. The summed E-state index contributed by atoms with van der Waals surface area (Å²) >= 11 is 0. The van der Waals surface area contributed by atoms with E-state index in [-0.39, 0.29) is 0 Å². The largest absolute Gasteiger partial charge is 0.492 e. The highest BCUT2D eigenvalue weighted by Crippen LogP contribution is 2.15. The number of likely N-dealkylation sites (N-methyl/N-ethyl adjacent to an activating group) is 1. The van der Waals surface area contributed by atoms with Crippen molar-refractivity contribution in [2.45, 2.75) is 27.7 Å². The Kier molecular flexibility index (Phi) is 5.33. The summed E-state index contributed by atoms with van der Waals surface area (Å²) in [5.41, 5.74) is 2.52. The summed E-state index contributed by atoms with van der Waals surface area (Å²) in [4.78, 5) is 2.36. The van der Waals surface area contributed by atoms with E-state index < -0.39 is 0 Å². The van der Waals surface area contributed by atoms with Gasteiger partial charge in [-0.15, -0.1) is 0 Å². The Hall–Kier alpha value is -1.02. The summed E-state index contributed by atoms with van der Waals surface area (Å²) in [7, 11) is 0. The van der Waals surface area contributed by atoms with E-state index in [4.69, 9.17) is 4.74 Å². The van der Waals surface area contributed by atoms with Crippen LogP contribution in [-0.2, 0) is 0 Å². The molecule has 0 atom stereocenters. The van der Waals surface area contributed by atoms with Crippen LogP contribution in [0.4, 0.5) is 0 Å². The van der Waals surface area contributed by atoms with E-state index in [1.807, 2.05) is 0 Å². The monoisotopic (exact) mass is 221 g/mol. The molecule has 0 saturated carbocycles. The number of nitrogens with zero attached hydrogens (tertiary/aromatic N) is 1. The van der Waals surface area contributed by atoms with Gasteiger partial charge in [0, 0.05) is 6.54 Å². The fourth-order valence-corrected chi connectivity index (χ4v) is 1.85. The zero-order valence-electron chi connectivity index (χ0n) is 10.9. The third kappa shape index (κ3) is 4.23. The molecule has 0 unspecified atom stereocenters. The molecule has 0 aliphatic heterocycles. The summed E-state index contributed by atoms with van der Waals surface area (Å²) in [6, 6.07) is 6.35. The van der Waals surface area contributed by atoms with Gasteiger partial charge in [0.2, 0.25) is 0 Å². The van der Waals surface area contributed by atoms with Gasteiger partial charge < -0.3 is 9.64 Å². The minimum absolute atomic E-state index is 0.768. The molecule has 0 aliphatic carbocycles. The molecule has 90 valence electrons. The average molecular weight is 221 g/mol. The molecular weight excluding hydrogens is 198 g/mol. The van der Waals surface area contributed by atoms with E-state index in [1.165, 1.54) is 11.1 Å². The highest BCUT2D eigenvalue weighted by atomic mass is 16.5. The Labute approximate surface area is 99.2 Å². The highest BCUT2D eigenvalue weighted by Gasteiger charge is 2.00. The van der Waals surface area contributed by atoms with E-state index in [2.05, 4.69) is 50.8 Å². The zero-order chi connectivity index (χ0) is 12.0. The van der Waals surface area contributed by atoms with Crippen molar-refractivity contribution in [1.82, 2.24) is 4.90 Å². The molecule has 1 rings (SSSR count). The van der Waals surface area contributed by atoms with Gasteiger partial charge in [0.05, 0.1) is 0 Å². The van der Waals surface area contributed by atoms with E-state index in [0.717, 1.165) is 32.0 Å². The van der Waals surface area contributed by atoms with Gasteiger partial charge in [-0.1, -0.05) is 19.9 Å². The molecule has 0 bridgehead atoms. The van der Waals surface area contributed by atoms with Gasteiger partial charge in [0.25, 0.3) is 0 Å². The number of benzene rings is 1. The average Bonchev–Trinajstić information content (AvgIpc) is 2.23. The van der Waals surface area contributed by atoms with Crippen LogP contribution in [0, 0.1) is 13.8 Å². The van der Waals surface area contributed by atoms with Crippen LogP contribution in [0.5, 0.6) is 5.75 Å². The van der Waals surface area contributed by atoms with Crippen molar-refractivity contribution >= 4 is 0 Å². The van der Waals surface area contributed by atoms with Crippen molar-refractivity contribution in [3.05, 3.63) is 29.3 Å². The highest BCUT2D eigenvalue weighted by molar-refractivity contribution is 5.32. The molecule has 1 aromatic carbocycles. The maximum absolute atomic E-state index is 5.76. The number of ether oxygens (including phenoxy) is 1. The van der Waals surface area contributed by atoms with Gasteiger partial charge in [0.1, 0.15) is 12.4 Å². The van der Waals surface area contributed by atoms with Crippen LogP contribution in [0.25, 0.3) is 0 Å². The molecule has 0 aromatic heterocycles. The van der Waals surface area contributed by atoms with Gasteiger partial charge in [-0.05, 0) is 50.2 Å². The van der Waals surface area contributed by atoms with Crippen LogP contribution in [-0.4, -0.2) is 31.1 Å². The molecule has 0 heterocycles. The lowest BCUT2D eigenvalue weighted by molar-refractivity contribution is 0.222. The van der Waals surface area contributed by atoms with E-state index in [1.54, 1.807) is 0 Å². The molecule has 1 aromatic rings. The second kappa shape index (κ2) is 6.54. The van der Waals surface area contributed by atoms with Crippen molar-refractivity contribution in [3.8, 4) is 5.75 Å². The standard InChI is InChI=1S/C14H23NO/c1-5-15(6-2)7-8-16-14-10-12(3)9-13(4)11-14/h9-11H,5-8H2,1-4H3. The van der Waals surface area contributed by atoms with Crippen molar-refractivity contribution in [2.24, 2.45) is 0 Å². The second-order valence-electron chi connectivity index (χ2n) is 4.20. The van der Waals surface area contributed by atoms with E-state index in [0.29, 0.717) is 0 Å². The van der Waals surface area contributed by atoms with Crippen LogP contribution < -0.4 is 4.74 Å². The molecule has 2 heteroatoms. The predicted molar refractivity (Wildman–Crippen MR) is 69.2 cm³/mol. The van der Waals surface area contributed by atoms with Crippen LogP contribution in [0.1, 0.15) is 25.0 Å². The summed E-state index contributed by atoms with van der Waals surface area (Å²) < 4.78 is 5.76. The minimum atomic E-state index is 0.768. The fraction of sp³-hybridized carbons (Fsp3) is 0.571. The smallest absolute Gasteiger partial charge is 0.119 e. The lowest BCUT2D eigenvalue weighted by Crippen LogP contribution is -2.27. The Balaban J connectivity index is 2.42. The third-order valence-electron chi connectivity index (χ3n) is 2.77.